The van der Waals surface area contributed by atoms with Crippen LogP contribution in [-0.4, -0.2) is 32.4 Å². The minimum absolute atomic E-state index is 0.163. The Kier molecular flexibility index (Phi) is 5.25. The van der Waals surface area contributed by atoms with Crippen LogP contribution < -0.4 is 14.2 Å². The van der Waals surface area contributed by atoms with Crippen LogP contribution >= 0.6 is 0 Å². The first kappa shape index (κ1) is 16.4. The third-order valence-electron chi connectivity index (χ3n) is 3.35. The first-order chi connectivity index (χ1) is 11.1. The molecule has 5 heteroatoms. The largest absolute Gasteiger partial charge is 0.496 e. The van der Waals surface area contributed by atoms with Crippen molar-refractivity contribution in [3.8, 4) is 17.2 Å². The summed E-state index contributed by atoms with van der Waals surface area (Å²) >= 11 is 0. The predicted molar refractivity (Wildman–Crippen MR) is 88.0 cm³/mol. The van der Waals surface area contributed by atoms with E-state index < -0.39 is 5.97 Å². The summed E-state index contributed by atoms with van der Waals surface area (Å²) in [7, 11) is 4.56. The average molecular weight is 314 g/mol. The fourth-order valence-electron chi connectivity index (χ4n) is 2.21. The van der Waals surface area contributed by atoms with Gasteiger partial charge in [-0.2, -0.15) is 0 Å². The maximum Gasteiger partial charge on any atom is 0.336 e. The highest BCUT2D eigenvalue weighted by Gasteiger charge is 2.15. The van der Waals surface area contributed by atoms with Gasteiger partial charge in [-0.25, -0.2) is 4.79 Å². The SMILES string of the molecule is COc1cc(OC)c(OC)cc1/C=C(\C(=O)O)c1ccccc1. The molecule has 0 aliphatic rings. The monoisotopic (exact) mass is 314 g/mol. The van der Waals surface area contributed by atoms with E-state index in [0.717, 1.165) is 0 Å². The summed E-state index contributed by atoms with van der Waals surface area (Å²) in [6.45, 7) is 0. The lowest BCUT2D eigenvalue weighted by Crippen LogP contribution is -2.00. The van der Waals surface area contributed by atoms with Crippen LogP contribution in [-0.2, 0) is 4.79 Å². The highest BCUT2D eigenvalue weighted by atomic mass is 16.5. The van der Waals surface area contributed by atoms with Gasteiger partial charge in [0.15, 0.2) is 11.5 Å². The molecule has 0 aliphatic heterocycles. The topological polar surface area (TPSA) is 65.0 Å². The number of ether oxygens (including phenoxy) is 3. The molecule has 120 valence electrons. The summed E-state index contributed by atoms with van der Waals surface area (Å²) in [5.41, 5.74) is 1.36. The second-order valence-electron chi connectivity index (χ2n) is 4.68. The number of carbonyl (C=O) groups is 1. The van der Waals surface area contributed by atoms with E-state index in [2.05, 4.69) is 0 Å². The zero-order chi connectivity index (χ0) is 16.8. The second-order valence-corrected chi connectivity index (χ2v) is 4.68. The third-order valence-corrected chi connectivity index (χ3v) is 3.35. The molecule has 5 nitrogen and oxygen atoms in total. The molecule has 0 fully saturated rings. The van der Waals surface area contributed by atoms with Gasteiger partial charge in [0.2, 0.25) is 0 Å². The Balaban J connectivity index is 2.60. The Morgan fingerprint density at radius 1 is 0.913 bits per heavy atom. The van der Waals surface area contributed by atoms with Crippen LogP contribution in [0.5, 0.6) is 17.2 Å². The fourth-order valence-corrected chi connectivity index (χ4v) is 2.21. The zero-order valence-electron chi connectivity index (χ0n) is 13.2. The van der Waals surface area contributed by atoms with Crippen molar-refractivity contribution in [1.82, 2.24) is 0 Å². The minimum Gasteiger partial charge on any atom is -0.496 e. The predicted octanol–water partition coefficient (Wildman–Crippen LogP) is 3.34. The van der Waals surface area contributed by atoms with Gasteiger partial charge in [-0.05, 0) is 17.7 Å². The van der Waals surface area contributed by atoms with Crippen LogP contribution in [0.15, 0.2) is 42.5 Å². The third kappa shape index (κ3) is 3.63. The quantitative estimate of drug-likeness (QED) is 0.654. The van der Waals surface area contributed by atoms with E-state index in [-0.39, 0.29) is 5.57 Å². The Morgan fingerprint density at radius 2 is 1.48 bits per heavy atom. The van der Waals surface area contributed by atoms with Crippen molar-refractivity contribution in [2.45, 2.75) is 0 Å². The molecular formula is C18H18O5. The smallest absolute Gasteiger partial charge is 0.336 e. The van der Waals surface area contributed by atoms with Crippen molar-refractivity contribution in [2.24, 2.45) is 0 Å². The molecule has 0 unspecified atom stereocenters. The van der Waals surface area contributed by atoms with E-state index in [1.807, 2.05) is 6.07 Å². The van der Waals surface area contributed by atoms with Crippen LogP contribution in [0.3, 0.4) is 0 Å². The molecule has 0 saturated carbocycles. The number of hydrogen-bond acceptors (Lipinski definition) is 4. The van der Waals surface area contributed by atoms with Crippen LogP contribution in [0, 0.1) is 0 Å². The number of methoxy groups -OCH3 is 3. The first-order valence-corrected chi connectivity index (χ1v) is 6.91. The van der Waals surface area contributed by atoms with Gasteiger partial charge in [-0.3, -0.25) is 0 Å². The van der Waals surface area contributed by atoms with Gasteiger partial charge in [-0.1, -0.05) is 30.3 Å². The van der Waals surface area contributed by atoms with E-state index in [0.29, 0.717) is 28.4 Å². The molecule has 0 heterocycles. The number of rotatable bonds is 6. The van der Waals surface area contributed by atoms with Crippen LogP contribution in [0.1, 0.15) is 11.1 Å². The second kappa shape index (κ2) is 7.35. The zero-order valence-corrected chi connectivity index (χ0v) is 13.2. The molecule has 0 atom stereocenters. The van der Waals surface area contributed by atoms with Gasteiger partial charge in [0, 0.05) is 11.6 Å². The van der Waals surface area contributed by atoms with Crippen molar-refractivity contribution in [3.63, 3.8) is 0 Å². The lowest BCUT2D eigenvalue weighted by Gasteiger charge is -2.13. The van der Waals surface area contributed by atoms with Crippen LogP contribution in [0.2, 0.25) is 0 Å². The first-order valence-electron chi connectivity index (χ1n) is 6.91. The van der Waals surface area contributed by atoms with Gasteiger partial charge in [0.25, 0.3) is 0 Å². The molecule has 0 radical (unpaired) electrons. The van der Waals surface area contributed by atoms with Gasteiger partial charge in [0.1, 0.15) is 5.75 Å². The van der Waals surface area contributed by atoms with E-state index in [4.69, 9.17) is 14.2 Å². The fraction of sp³-hybridized carbons (Fsp3) is 0.167. The molecule has 0 aromatic heterocycles. The van der Waals surface area contributed by atoms with Crippen molar-refractivity contribution < 1.29 is 24.1 Å². The van der Waals surface area contributed by atoms with Gasteiger partial charge in [-0.15, -0.1) is 0 Å². The van der Waals surface area contributed by atoms with Crippen molar-refractivity contribution >= 4 is 17.6 Å². The van der Waals surface area contributed by atoms with Gasteiger partial charge >= 0.3 is 5.97 Å². The van der Waals surface area contributed by atoms with Gasteiger partial charge in [0.05, 0.1) is 26.9 Å². The lowest BCUT2D eigenvalue weighted by molar-refractivity contribution is -0.130. The Bertz CT molecular complexity index is 720. The lowest BCUT2D eigenvalue weighted by atomic mass is 10.0. The standard InChI is InChI=1S/C18H18O5/c1-21-15-11-17(23-3)16(22-2)10-13(15)9-14(18(19)20)12-7-5-4-6-8-12/h4-11H,1-3H3,(H,19,20)/b14-9-. The summed E-state index contributed by atoms with van der Waals surface area (Å²) in [4.78, 5) is 11.6. The maximum atomic E-state index is 11.6. The van der Waals surface area contributed by atoms with E-state index >= 15 is 0 Å². The summed E-state index contributed by atoms with van der Waals surface area (Å²) in [6, 6.07) is 12.2. The minimum atomic E-state index is -1.02. The highest BCUT2D eigenvalue weighted by Crippen LogP contribution is 2.36. The van der Waals surface area contributed by atoms with Crippen molar-refractivity contribution in [1.29, 1.82) is 0 Å². The Hall–Kier alpha value is -2.95. The summed E-state index contributed by atoms with van der Waals surface area (Å²) < 4.78 is 15.8. The number of benzene rings is 2. The van der Waals surface area contributed by atoms with Crippen molar-refractivity contribution in [2.75, 3.05) is 21.3 Å². The molecule has 0 saturated heterocycles. The highest BCUT2D eigenvalue weighted by molar-refractivity contribution is 6.20. The molecule has 2 rings (SSSR count). The number of carboxylic acid groups (broad SMARTS) is 1. The van der Waals surface area contributed by atoms with Crippen molar-refractivity contribution in [3.05, 3.63) is 53.6 Å². The Morgan fingerprint density at radius 3 is 2.00 bits per heavy atom. The molecule has 2 aromatic carbocycles. The maximum absolute atomic E-state index is 11.6. The molecule has 0 aliphatic carbocycles. The summed E-state index contributed by atoms with van der Waals surface area (Å²) in [5, 5.41) is 9.51. The summed E-state index contributed by atoms with van der Waals surface area (Å²) in [5.74, 6) is 0.487. The van der Waals surface area contributed by atoms with E-state index in [9.17, 15) is 9.90 Å². The summed E-state index contributed by atoms with van der Waals surface area (Å²) in [6.07, 6.45) is 1.55. The normalized spacial score (nSPS) is 11.0. The molecule has 23 heavy (non-hydrogen) atoms. The molecule has 0 bridgehead atoms. The number of carboxylic acids is 1. The molecule has 1 N–H and O–H groups in total. The van der Waals surface area contributed by atoms with Crippen LogP contribution in [0.4, 0.5) is 0 Å². The molecular weight excluding hydrogens is 296 g/mol. The Labute approximate surface area is 134 Å². The van der Waals surface area contributed by atoms with E-state index in [1.54, 1.807) is 42.5 Å². The molecule has 0 amide bonds. The average Bonchev–Trinajstić information content (AvgIpc) is 2.59. The van der Waals surface area contributed by atoms with Crippen LogP contribution in [0.25, 0.3) is 11.6 Å². The van der Waals surface area contributed by atoms with E-state index in [1.165, 1.54) is 21.3 Å². The number of hydrogen-bond donors (Lipinski definition) is 1. The van der Waals surface area contributed by atoms with Gasteiger partial charge < -0.3 is 19.3 Å². The molecule has 0 spiro atoms. The molecule has 2 aromatic rings. The number of aliphatic carboxylic acids is 1.